The van der Waals surface area contributed by atoms with E-state index in [0.29, 0.717) is 5.92 Å². The van der Waals surface area contributed by atoms with Crippen molar-refractivity contribution in [2.24, 2.45) is 10.3 Å². The summed E-state index contributed by atoms with van der Waals surface area (Å²) in [7, 11) is -1.17. The zero-order chi connectivity index (χ0) is 18.3. The first kappa shape index (κ1) is 20.1. The Hall–Kier alpha value is -1.26. The number of piperidine rings is 1. The third-order valence-electron chi connectivity index (χ3n) is 4.64. The second-order valence-corrected chi connectivity index (χ2v) is 9.71. The molecule has 138 valence electrons. The number of allylic oxidation sites excluding steroid dienone is 1. The highest BCUT2D eigenvalue weighted by Crippen LogP contribution is 2.24. The van der Waals surface area contributed by atoms with Crippen LogP contribution >= 0.6 is 0 Å². The number of rotatable bonds is 7. The maximum Gasteiger partial charge on any atom is 0.144 e. The second-order valence-electron chi connectivity index (χ2n) is 7.81. The zero-order valence-corrected chi connectivity index (χ0v) is 16.7. The molecule has 1 aliphatic heterocycles. The molecule has 1 unspecified atom stereocenters. The Kier molecular flexibility index (Phi) is 7.57. The summed E-state index contributed by atoms with van der Waals surface area (Å²) >= 11 is 0. The summed E-state index contributed by atoms with van der Waals surface area (Å²) in [6, 6.07) is 10.6. The van der Waals surface area contributed by atoms with Gasteiger partial charge in [0.1, 0.15) is 11.0 Å². The lowest BCUT2D eigenvalue weighted by Gasteiger charge is -2.33. The number of hydrogen-bond donors (Lipinski definition) is 0. The van der Waals surface area contributed by atoms with Gasteiger partial charge in [-0.3, -0.25) is 4.90 Å². The summed E-state index contributed by atoms with van der Waals surface area (Å²) in [5, 5.41) is 0. The fourth-order valence-corrected chi connectivity index (χ4v) is 3.81. The molecule has 1 aliphatic rings. The first-order valence-corrected chi connectivity index (χ1v) is 10.4. The van der Waals surface area contributed by atoms with Crippen molar-refractivity contribution in [2.75, 3.05) is 13.1 Å². The number of benzene rings is 1. The average Bonchev–Trinajstić information content (AvgIpc) is 2.59. The minimum Gasteiger partial charge on any atom is -0.299 e. The van der Waals surface area contributed by atoms with Crippen molar-refractivity contribution in [1.29, 1.82) is 0 Å². The van der Waals surface area contributed by atoms with Crippen LogP contribution in [0, 0.1) is 5.92 Å². The van der Waals surface area contributed by atoms with Crippen LogP contribution in [0.3, 0.4) is 0 Å². The van der Waals surface area contributed by atoms with Crippen molar-refractivity contribution in [2.45, 2.75) is 57.7 Å². The fourth-order valence-electron chi connectivity index (χ4n) is 3.08. The number of hydrogen-bond acceptors (Lipinski definition) is 2. The van der Waals surface area contributed by atoms with Crippen LogP contribution in [-0.4, -0.2) is 32.7 Å². The van der Waals surface area contributed by atoms with Crippen LogP contribution in [0.4, 0.5) is 0 Å². The minimum atomic E-state index is -1.17. The molecule has 1 saturated heterocycles. The van der Waals surface area contributed by atoms with Gasteiger partial charge in [-0.2, -0.15) is 4.40 Å². The lowest BCUT2D eigenvalue weighted by Crippen LogP contribution is -2.36. The summed E-state index contributed by atoms with van der Waals surface area (Å²) in [6.07, 6.45) is 5.92. The van der Waals surface area contributed by atoms with Crippen LogP contribution in [-0.2, 0) is 17.5 Å². The minimum absolute atomic E-state index is 0.298. The Morgan fingerprint density at radius 1 is 1.28 bits per heavy atom. The lowest BCUT2D eigenvalue weighted by atomic mass is 9.89. The van der Waals surface area contributed by atoms with Crippen LogP contribution in [0.5, 0.6) is 0 Å². The Labute approximate surface area is 155 Å². The monoisotopic (exact) mass is 360 g/mol. The highest BCUT2D eigenvalue weighted by Gasteiger charge is 2.26. The van der Waals surface area contributed by atoms with Gasteiger partial charge in [0.15, 0.2) is 0 Å². The third kappa shape index (κ3) is 6.52. The highest BCUT2D eigenvalue weighted by molar-refractivity contribution is 7.85. The largest absolute Gasteiger partial charge is 0.299 e. The maximum absolute atomic E-state index is 12.5. The van der Waals surface area contributed by atoms with E-state index in [1.807, 2.05) is 26.8 Å². The summed E-state index contributed by atoms with van der Waals surface area (Å²) < 4.78 is 16.8. The summed E-state index contributed by atoms with van der Waals surface area (Å²) in [6.45, 7) is 13.0. The summed E-state index contributed by atoms with van der Waals surface area (Å²) in [4.78, 5) is 2.51. The molecule has 1 aromatic carbocycles. The topological polar surface area (TPSA) is 32.7 Å². The van der Waals surface area contributed by atoms with Crippen LogP contribution in [0.25, 0.3) is 0 Å². The van der Waals surface area contributed by atoms with E-state index in [0.717, 1.165) is 51.0 Å². The van der Waals surface area contributed by atoms with Gasteiger partial charge in [-0.05, 0) is 65.1 Å². The van der Waals surface area contributed by atoms with Gasteiger partial charge in [0.05, 0.1) is 4.75 Å². The number of nitrogens with zero attached hydrogens (tertiary/aromatic N) is 2. The first-order chi connectivity index (χ1) is 11.9. The standard InChI is InChI=1S/C21H32N2OS/c1-5-6-12-20(22-25(24)21(2,3)4)19-13-15-23(16-14-19)17-18-10-8-7-9-11-18/h5,7-11,19H,1,6,12-17H2,2-4H3. The third-order valence-corrected chi connectivity index (χ3v) is 6.08. The van der Waals surface area contributed by atoms with E-state index in [4.69, 9.17) is 0 Å². The molecule has 1 heterocycles. The Bertz CT molecular complexity index is 596. The van der Waals surface area contributed by atoms with E-state index in [1.54, 1.807) is 0 Å². The van der Waals surface area contributed by atoms with Gasteiger partial charge in [0, 0.05) is 18.2 Å². The van der Waals surface area contributed by atoms with Gasteiger partial charge < -0.3 is 0 Å². The molecule has 2 rings (SSSR count). The van der Waals surface area contributed by atoms with E-state index in [2.05, 4.69) is 46.2 Å². The van der Waals surface area contributed by atoms with E-state index in [9.17, 15) is 4.21 Å². The van der Waals surface area contributed by atoms with Crippen molar-refractivity contribution < 1.29 is 4.21 Å². The van der Waals surface area contributed by atoms with E-state index in [1.165, 1.54) is 5.56 Å². The molecule has 1 atom stereocenters. The smallest absolute Gasteiger partial charge is 0.144 e. The molecule has 25 heavy (non-hydrogen) atoms. The van der Waals surface area contributed by atoms with Crippen molar-refractivity contribution in [3.05, 3.63) is 48.6 Å². The molecule has 4 heteroatoms. The van der Waals surface area contributed by atoms with Gasteiger partial charge >= 0.3 is 0 Å². The van der Waals surface area contributed by atoms with Gasteiger partial charge in [0.2, 0.25) is 0 Å². The molecule has 0 aliphatic carbocycles. The molecular weight excluding hydrogens is 328 g/mol. The van der Waals surface area contributed by atoms with Gasteiger partial charge in [0.25, 0.3) is 0 Å². The van der Waals surface area contributed by atoms with Crippen molar-refractivity contribution in [3.8, 4) is 0 Å². The van der Waals surface area contributed by atoms with E-state index >= 15 is 0 Å². The Morgan fingerprint density at radius 2 is 1.92 bits per heavy atom. The molecule has 0 saturated carbocycles. The predicted octanol–water partition coefficient (Wildman–Crippen LogP) is 4.77. The maximum atomic E-state index is 12.5. The first-order valence-electron chi connectivity index (χ1n) is 9.27. The quantitative estimate of drug-likeness (QED) is 0.518. The van der Waals surface area contributed by atoms with Crippen molar-refractivity contribution in [1.82, 2.24) is 4.90 Å². The van der Waals surface area contributed by atoms with Crippen LogP contribution < -0.4 is 0 Å². The fraction of sp³-hybridized carbons (Fsp3) is 0.571. The Balaban J connectivity index is 1.97. The highest BCUT2D eigenvalue weighted by atomic mass is 32.2. The molecular formula is C21H32N2OS. The normalized spacial score (nSPS) is 18.9. The summed E-state index contributed by atoms with van der Waals surface area (Å²) in [5.41, 5.74) is 2.50. The molecule has 0 aromatic heterocycles. The molecule has 0 N–H and O–H groups in total. The molecule has 3 nitrogen and oxygen atoms in total. The van der Waals surface area contributed by atoms with Gasteiger partial charge in [-0.25, -0.2) is 4.21 Å². The average molecular weight is 361 g/mol. The van der Waals surface area contributed by atoms with Crippen LogP contribution in [0.1, 0.15) is 52.0 Å². The SMILES string of the molecule is C=CCCC(=NS(=O)C(C)(C)C)C1CCN(Cc2ccccc2)CC1. The second kappa shape index (κ2) is 9.44. The Morgan fingerprint density at radius 3 is 2.48 bits per heavy atom. The van der Waals surface area contributed by atoms with Gasteiger partial charge in [-0.1, -0.05) is 36.4 Å². The van der Waals surface area contributed by atoms with Crippen LogP contribution in [0.2, 0.25) is 0 Å². The van der Waals surface area contributed by atoms with E-state index in [-0.39, 0.29) is 4.75 Å². The molecule has 0 radical (unpaired) electrons. The predicted molar refractivity (Wildman–Crippen MR) is 109 cm³/mol. The van der Waals surface area contributed by atoms with Gasteiger partial charge in [-0.15, -0.1) is 6.58 Å². The molecule has 1 aromatic rings. The lowest BCUT2D eigenvalue weighted by molar-refractivity contribution is 0.201. The van der Waals surface area contributed by atoms with Crippen molar-refractivity contribution >= 4 is 16.7 Å². The molecule has 0 bridgehead atoms. The van der Waals surface area contributed by atoms with Crippen molar-refractivity contribution in [3.63, 3.8) is 0 Å². The summed E-state index contributed by atoms with van der Waals surface area (Å²) in [5.74, 6) is 0.457. The van der Waals surface area contributed by atoms with E-state index < -0.39 is 11.0 Å². The number of likely N-dealkylation sites (tertiary alicyclic amines) is 1. The van der Waals surface area contributed by atoms with Crippen LogP contribution in [0.15, 0.2) is 47.4 Å². The zero-order valence-electron chi connectivity index (χ0n) is 15.9. The molecule has 0 spiro atoms. The molecule has 0 amide bonds. The molecule has 1 fully saturated rings.